The molecule has 0 spiro atoms. The summed E-state index contributed by atoms with van der Waals surface area (Å²) in [6.45, 7) is 0. The van der Waals surface area contributed by atoms with Gasteiger partial charge in [-0.15, -0.1) is 0 Å². The van der Waals surface area contributed by atoms with Gasteiger partial charge in [0.25, 0.3) is 0 Å². The summed E-state index contributed by atoms with van der Waals surface area (Å²) in [6.07, 6.45) is 1.81. The summed E-state index contributed by atoms with van der Waals surface area (Å²) in [6, 6.07) is 5.16. The van der Waals surface area contributed by atoms with Gasteiger partial charge in [-0.1, -0.05) is 0 Å². The van der Waals surface area contributed by atoms with E-state index in [1.165, 1.54) is 0 Å². The molecule has 0 aliphatic rings. The van der Waals surface area contributed by atoms with Crippen LogP contribution >= 0.6 is 0 Å². The number of nitrogens with one attached hydrogen (secondary N) is 1. The van der Waals surface area contributed by atoms with Crippen LogP contribution in [0.3, 0.4) is 0 Å². The molecular weight excluding hydrogens is 154 g/mol. The van der Waals surface area contributed by atoms with Gasteiger partial charge < -0.3 is 14.8 Å². The molecule has 2 rings (SSSR count). The maximum Gasteiger partial charge on any atom is 0.146 e. The van der Waals surface area contributed by atoms with Crippen LogP contribution in [0.1, 0.15) is 0 Å². The number of ether oxygens (including phenoxy) is 1. The van der Waals surface area contributed by atoms with Gasteiger partial charge in [-0.3, -0.25) is 0 Å². The third kappa shape index (κ3) is 0.906. The second-order valence-electron chi connectivity index (χ2n) is 2.59. The molecule has 1 aromatic heterocycles. The van der Waals surface area contributed by atoms with E-state index in [0.29, 0.717) is 5.75 Å². The van der Waals surface area contributed by atoms with E-state index in [1.54, 1.807) is 19.2 Å². The lowest BCUT2D eigenvalue weighted by Crippen LogP contribution is -1.83. The van der Waals surface area contributed by atoms with Crippen LogP contribution in [-0.4, -0.2) is 17.2 Å². The smallest absolute Gasteiger partial charge is 0.146 e. The normalized spacial score (nSPS) is 10.4. The molecule has 0 atom stereocenters. The first-order valence-electron chi connectivity index (χ1n) is 3.65. The SMILES string of the molecule is COc1cc(O)cc2cc[nH]c12. The van der Waals surface area contributed by atoms with Crippen molar-refractivity contribution < 1.29 is 9.84 Å². The monoisotopic (exact) mass is 163 g/mol. The van der Waals surface area contributed by atoms with Crippen molar-refractivity contribution in [3.05, 3.63) is 24.4 Å². The average Bonchev–Trinajstić information content (AvgIpc) is 2.50. The maximum atomic E-state index is 9.27. The summed E-state index contributed by atoms with van der Waals surface area (Å²) in [5.41, 5.74) is 0.912. The van der Waals surface area contributed by atoms with Gasteiger partial charge >= 0.3 is 0 Å². The van der Waals surface area contributed by atoms with Crippen molar-refractivity contribution in [2.24, 2.45) is 0 Å². The fourth-order valence-electron chi connectivity index (χ4n) is 1.28. The van der Waals surface area contributed by atoms with E-state index in [2.05, 4.69) is 4.98 Å². The number of hydrogen-bond acceptors (Lipinski definition) is 2. The second kappa shape index (κ2) is 2.44. The minimum Gasteiger partial charge on any atom is -0.508 e. The zero-order valence-corrected chi connectivity index (χ0v) is 6.66. The quantitative estimate of drug-likeness (QED) is 0.674. The number of phenolic OH excluding ortho intramolecular Hbond substituents is 1. The highest BCUT2D eigenvalue weighted by atomic mass is 16.5. The molecule has 2 N–H and O–H groups in total. The fourth-order valence-corrected chi connectivity index (χ4v) is 1.28. The first kappa shape index (κ1) is 7.03. The molecule has 0 saturated carbocycles. The topological polar surface area (TPSA) is 45.2 Å². The highest BCUT2D eigenvalue weighted by molar-refractivity contribution is 5.86. The molecule has 3 nitrogen and oxygen atoms in total. The Morgan fingerprint density at radius 1 is 1.42 bits per heavy atom. The zero-order chi connectivity index (χ0) is 8.55. The predicted octanol–water partition coefficient (Wildman–Crippen LogP) is 1.88. The van der Waals surface area contributed by atoms with Gasteiger partial charge in [-0.25, -0.2) is 0 Å². The maximum absolute atomic E-state index is 9.27. The lowest BCUT2D eigenvalue weighted by molar-refractivity contribution is 0.412. The lowest BCUT2D eigenvalue weighted by Gasteiger charge is -2.01. The summed E-state index contributed by atoms with van der Waals surface area (Å²) in [7, 11) is 1.58. The van der Waals surface area contributed by atoms with Crippen LogP contribution in [0.4, 0.5) is 0 Å². The van der Waals surface area contributed by atoms with Crippen molar-refractivity contribution in [3.63, 3.8) is 0 Å². The zero-order valence-electron chi connectivity index (χ0n) is 6.66. The van der Waals surface area contributed by atoms with Crippen LogP contribution in [-0.2, 0) is 0 Å². The molecule has 0 amide bonds. The van der Waals surface area contributed by atoms with Crippen LogP contribution in [0, 0.1) is 0 Å². The fraction of sp³-hybridized carbons (Fsp3) is 0.111. The van der Waals surface area contributed by atoms with Crippen molar-refractivity contribution in [2.45, 2.75) is 0 Å². The van der Waals surface area contributed by atoms with Gasteiger partial charge in [-0.05, 0) is 12.1 Å². The Kier molecular flexibility index (Phi) is 1.43. The van der Waals surface area contributed by atoms with Crippen molar-refractivity contribution >= 4 is 10.9 Å². The third-order valence-corrected chi connectivity index (χ3v) is 1.83. The van der Waals surface area contributed by atoms with Crippen LogP contribution in [0.5, 0.6) is 11.5 Å². The number of rotatable bonds is 1. The number of hydrogen-bond donors (Lipinski definition) is 2. The number of fused-ring (bicyclic) bond motifs is 1. The van der Waals surface area contributed by atoms with Gasteiger partial charge in [0.15, 0.2) is 0 Å². The number of aromatic amines is 1. The van der Waals surface area contributed by atoms with E-state index < -0.39 is 0 Å². The van der Waals surface area contributed by atoms with E-state index in [4.69, 9.17) is 4.74 Å². The largest absolute Gasteiger partial charge is 0.508 e. The minimum absolute atomic E-state index is 0.221. The molecule has 0 unspecified atom stereocenters. The number of aromatic nitrogens is 1. The molecule has 12 heavy (non-hydrogen) atoms. The Balaban J connectivity index is 2.80. The average molecular weight is 163 g/mol. The highest BCUT2D eigenvalue weighted by Gasteiger charge is 2.03. The molecule has 3 heteroatoms. The Labute approximate surface area is 69.6 Å². The van der Waals surface area contributed by atoms with E-state index in [1.807, 2.05) is 12.3 Å². The van der Waals surface area contributed by atoms with Crippen molar-refractivity contribution in [3.8, 4) is 11.5 Å². The predicted molar refractivity (Wildman–Crippen MR) is 46.5 cm³/mol. The summed E-state index contributed by atoms with van der Waals surface area (Å²) in [4.78, 5) is 3.03. The van der Waals surface area contributed by atoms with Crippen molar-refractivity contribution in [1.82, 2.24) is 4.98 Å². The van der Waals surface area contributed by atoms with E-state index >= 15 is 0 Å². The number of benzene rings is 1. The first-order chi connectivity index (χ1) is 5.81. The van der Waals surface area contributed by atoms with Gasteiger partial charge in [0.1, 0.15) is 11.5 Å². The lowest BCUT2D eigenvalue weighted by atomic mass is 10.2. The Morgan fingerprint density at radius 2 is 2.25 bits per heavy atom. The van der Waals surface area contributed by atoms with Gasteiger partial charge in [0.2, 0.25) is 0 Å². The molecule has 0 fully saturated rings. The Morgan fingerprint density at radius 3 is 3.00 bits per heavy atom. The molecule has 0 bridgehead atoms. The summed E-state index contributed by atoms with van der Waals surface area (Å²) in [5.74, 6) is 0.883. The second-order valence-corrected chi connectivity index (χ2v) is 2.59. The van der Waals surface area contributed by atoms with Crippen molar-refractivity contribution in [1.29, 1.82) is 0 Å². The van der Waals surface area contributed by atoms with Gasteiger partial charge in [0, 0.05) is 17.6 Å². The Bertz CT molecular complexity index is 406. The molecule has 1 aromatic carbocycles. The molecular formula is C9H9NO2. The Hall–Kier alpha value is -1.64. The number of phenols is 1. The van der Waals surface area contributed by atoms with Crippen LogP contribution in [0.15, 0.2) is 24.4 Å². The molecule has 62 valence electrons. The van der Waals surface area contributed by atoms with Crippen LogP contribution in [0.2, 0.25) is 0 Å². The van der Waals surface area contributed by atoms with E-state index in [9.17, 15) is 5.11 Å². The summed E-state index contributed by atoms with van der Waals surface area (Å²) < 4.78 is 5.08. The molecule has 0 saturated heterocycles. The summed E-state index contributed by atoms with van der Waals surface area (Å²) >= 11 is 0. The molecule has 0 radical (unpaired) electrons. The van der Waals surface area contributed by atoms with Crippen LogP contribution in [0.25, 0.3) is 10.9 Å². The van der Waals surface area contributed by atoms with Gasteiger partial charge in [0.05, 0.1) is 12.6 Å². The number of methoxy groups -OCH3 is 1. The van der Waals surface area contributed by atoms with Gasteiger partial charge in [-0.2, -0.15) is 0 Å². The van der Waals surface area contributed by atoms with E-state index in [-0.39, 0.29) is 5.75 Å². The third-order valence-electron chi connectivity index (χ3n) is 1.83. The van der Waals surface area contributed by atoms with Crippen LogP contribution < -0.4 is 4.74 Å². The first-order valence-corrected chi connectivity index (χ1v) is 3.65. The molecule has 2 aromatic rings. The molecule has 0 aliphatic carbocycles. The highest BCUT2D eigenvalue weighted by Crippen LogP contribution is 2.28. The number of H-pyrrole nitrogens is 1. The molecule has 1 heterocycles. The minimum atomic E-state index is 0.221. The van der Waals surface area contributed by atoms with Crippen molar-refractivity contribution in [2.75, 3.05) is 7.11 Å². The molecule has 0 aliphatic heterocycles. The number of aromatic hydroxyl groups is 1. The van der Waals surface area contributed by atoms with E-state index in [0.717, 1.165) is 10.9 Å². The standard InChI is InChI=1S/C9H9NO2/c1-12-8-5-7(11)4-6-2-3-10-9(6)8/h2-5,10-11H,1H3. The summed E-state index contributed by atoms with van der Waals surface area (Å²) in [5, 5.41) is 10.2.